The Morgan fingerprint density at radius 2 is 1.71 bits per heavy atom. The van der Waals surface area contributed by atoms with Crippen LogP contribution in [0.5, 0.6) is 5.75 Å². The summed E-state index contributed by atoms with van der Waals surface area (Å²) in [6.07, 6.45) is 3.01. The summed E-state index contributed by atoms with van der Waals surface area (Å²) in [5.74, 6) is -0.416. The molecule has 0 unspecified atom stereocenters. The second kappa shape index (κ2) is 10.7. The fourth-order valence-corrected chi connectivity index (χ4v) is 3.49. The van der Waals surface area contributed by atoms with Gasteiger partial charge in [-0.1, -0.05) is 68.4 Å². The van der Waals surface area contributed by atoms with Crippen LogP contribution in [0, 0.1) is 0 Å². The largest absolute Gasteiger partial charge is 0.423 e. The molecule has 4 rings (SSSR count). The van der Waals surface area contributed by atoms with Gasteiger partial charge in [-0.25, -0.2) is 9.59 Å². The fraction of sp³-hybridized carbons (Fsp3) is 0.138. The molecule has 0 bridgehead atoms. The molecule has 0 radical (unpaired) electrons. The van der Waals surface area contributed by atoms with E-state index in [-0.39, 0.29) is 16.9 Å². The zero-order valence-corrected chi connectivity index (χ0v) is 19.5. The number of ether oxygens (including phenoxy) is 1. The first-order chi connectivity index (χ1) is 16.9. The first-order valence-electron chi connectivity index (χ1n) is 11.3. The van der Waals surface area contributed by atoms with Crippen LogP contribution in [0.4, 0.5) is 0 Å². The van der Waals surface area contributed by atoms with Crippen LogP contribution in [0.2, 0.25) is 0 Å². The molecule has 0 saturated heterocycles. The van der Waals surface area contributed by atoms with E-state index in [4.69, 9.17) is 9.15 Å². The second-order valence-electron chi connectivity index (χ2n) is 8.39. The third-order valence-electron chi connectivity index (χ3n) is 5.48. The number of fused-ring (bicyclic) bond motifs is 1. The number of esters is 1. The maximum atomic E-state index is 12.5. The van der Waals surface area contributed by atoms with Crippen molar-refractivity contribution in [2.75, 3.05) is 0 Å². The molecule has 4 aromatic rings. The SMILES string of the molecule is CC(C)c1ccc(/C=C/C(=O)Oc2ccc3cc(C(=O)NCc4ccccc4)c(=O)oc3c2)cc1. The molecule has 0 aliphatic carbocycles. The number of rotatable bonds is 7. The Kier molecular flexibility index (Phi) is 7.21. The number of amides is 1. The quantitative estimate of drug-likeness (QED) is 0.169. The van der Waals surface area contributed by atoms with Crippen molar-refractivity contribution in [1.82, 2.24) is 5.32 Å². The molecular weight excluding hydrogens is 442 g/mol. The Labute approximate surface area is 202 Å². The molecule has 0 fully saturated rings. The lowest BCUT2D eigenvalue weighted by atomic mass is 10.0. The van der Waals surface area contributed by atoms with Crippen LogP contribution in [0.25, 0.3) is 17.0 Å². The van der Waals surface area contributed by atoms with Crippen molar-refractivity contribution >= 4 is 28.9 Å². The average Bonchev–Trinajstić information content (AvgIpc) is 2.86. The number of carbonyl (C=O) groups excluding carboxylic acids is 2. The van der Waals surface area contributed by atoms with Gasteiger partial charge < -0.3 is 14.5 Å². The van der Waals surface area contributed by atoms with Crippen LogP contribution in [-0.4, -0.2) is 11.9 Å². The van der Waals surface area contributed by atoms with Crippen LogP contribution in [-0.2, 0) is 11.3 Å². The van der Waals surface area contributed by atoms with Gasteiger partial charge in [0.2, 0.25) is 0 Å². The van der Waals surface area contributed by atoms with Gasteiger partial charge in [0.05, 0.1) is 0 Å². The van der Waals surface area contributed by atoms with E-state index in [1.807, 2.05) is 54.6 Å². The van der Waals surface area contributed by atoms with Gasteiger partial charge in [0, 0.05) is 24.1 Å². The van der Waals surface area contributed by atoms with Crippen molar-refractivity contribution in [2.45, 2.75) is 26.3 Å². The number of nitrogens with one attached hydrogen (secondary N) is 1. The summed E-state index contributed by atoms with van der Waals surface area (Å²) >= 11 is 0. The first-order valence-corrected chi connectivity index (χ1v) is 11.3. The van der Waals surface area contributed by atoms with E-state index in [0.29, 0.717) is 17.8 Å². The summed E-state index contributed by atoms with van der Waals surface area (Å²) in [5.41, 5.74) is 2.38. The minimum atomic E-state index is -0.767. The van der Waals surface area contributed by atoms with E-state index in [1.165, 1.54) is 23.8 Å². The summed E-state index contributed by atoms with van der Waals surface area (Å²) in [6, 6.07) is 23.4. The Bertz CT molecular complexity index is 1430. The first kappa shape index (κ1) is 23.7. The molecule has 1 aromatic heterocycles. The van der Waals surface area contributed by atoms with E-state index in [1.54, 1.807) is 18.2 Å². The Morgan fingerprint density at radius 1 is 0.971 bits per heavy atom. The van der Waals surface area contributed by atoms with Gasteiger partial charge in [0.15, 0.2) is 0 Å². The maximum Gasteiger partial charge on any atom is 0.349 e. The van der Waals surface area contributed by atoms with Gasteiger partial charge in [-0.05, 0) is 46.9 Å². The fourth-order valence-electron chi connectivity index (χ4n) is 3.49. The molecule has 0 spiro atoms. The summed E-state index contributed by atoms with van der Waals surface area (Å²) < 4.78 is 10.7. The minimum Gasteiger partial charge on any atom is -0.423 e. The van der Waals surface area contributed by atoms with Crippen LogP contribution >= 0.6 is 0 Å². The maximum absolute atomic E-state index is 12.5. The second-order valence-corrected chi connectivity index (χ2v) is 8.39. The van der Waals surface area contributed by atoms with Crippen molar-refractivity contribution in [2.24, 2.45) is 0 Å². The van der Waals surface area contributed by atoms with E-state index >= 15 is 0 Å². The molecule has 0 saturated carbocycles. The van der Waals surface area contributed by atoms with Gasteiger partial charge in [-0.15, -0.1) is 0 Å². The number of hydrogen-bond acceptors (Lipinski definition) is 5. The molecule has 0 aliphatic rings. The summed E-state index contributed by atoms with van der Waals surface area (Å²) in [7, 11) is 0. The van der Waals surface area contributed by atoms with Crippen molar-refractivity contribution in [3.8, 4) is 5.75 Å². The molecule has 1 amide bonds. The number of carbonyl (C=O) groups is 2. The zero-order chi connectivity index (χ0) is 24.8. The molecule has 0 aliphatic heterocycles. The van der Waals surface area contributed by atoms with Crippen molar-refractivity contribution in [3.05, 3.63) is 118 Å². The molecule has 0 atom stereocenters. The predicted molar refractivity (Wildman–Crippen MR) is 135 cm³/mol. The van der Waals surface area contributed by atoms with Gasteiger partial charge >= 0.3 is 11.6 Å². The average molecular weight is 468 g/mol. The molecule has 176 valence electrons. The van der Waals surface area contributed by atoms with Gasteiger partial charge in [-0.3, -0.25) is 4.79 Å². The molecule has 1 N–H and O–H groups in total. The highest BCUT2D eigenvalue weighted by Crippen LogP contribution is 2.21. The highest BCUT2D eigenvalue weighted by molar-refractivity contribution is 5.97. The normalized spacial score (nSPS) is 11.2. The number of hydrogen-bond donors (Lipinski definition) is 1. The lowest BCUT2D eigenvalue weighted by Crippen LogP contribution is -2.27. The van der Waals surface area contributed by atoms with Crippen LogP contribution in [0.1, 0.15) is 46.8 Å². The molecular formula is C29H25NO5. The molecule has 35 heavy (non-hydrogen) atoms. The minimum absolute atomic E-state index is 0.0930. The highest BCUT2D eigenvalue weighted by atomic mass is 16.5. The molecule has 3 aromatic carbocycles. The summed E-state index contributed by atoms with van der Waals surface area (Å²) in [5, 5.41) is 3.26. The zero-order valence-electron chi connectivity index (χ0n) is 19.5. The molecule has 6 nitrogen and oxygen atoms in total. The van der Waals surface area contributed by atoms with E-state index in [2.05, 4.69) is 19.2 Å². The van der Waals surface area contributed by atoms with Gasteiger partial charge in [0.1, 0.15) is 16.9 Å². The summed E-state index contributed by atoms with van der Waals surface area (Å²) in [6.45, 7) is 4.53. The molecule has 1 heterocycles. The Hall–Kier alpha value is -4.45. The monoisotopic (exact) mass is 467 g/mol. The van der Waals surface area contributed by atoms with E-state index in [9.17, 15) is 14.4 Å². The molecule has 6 heteroatoms. The smallest absolute Gasteiger partial charge is 0.349 e. The third-order valence-corrected chi connectivity index (χ3v) is 5.48. The van der Waals surface area contributed by atoms with Gasteiger partial charge in [-0.2, -0.15) is 0 Å². The summed E-state index contributed by atoms with van der Waals surface area (Å²) in [4.78, 5) is 37.1. The van der Waals surface area contributed by atoms with Crippen LogP contribution in [0.3, 0.4) is 0 Å². The number of benzene rings is 3. The topological polar surface area (TPSA) is 85.6 Å². The lowest BCUT2D eigenvalue weighted by molar-refractivity contribution is -0.128. The van der Waals surface area contributed by atoms with Gasteiger partial charge in [0.25, 0.3) is 5.91 Å². The lowest BCUT2D eigenvalue weighted by Gasteiger charge is -2.07. The van der Waals surface area contributed by atoms with E-state index in [0.717, 1.165) is 11.1 Å². The van der Waals surface area contributed by atoms with Crippen molar-refractivity contribution < 1.29 is 18.7 Å². The van der Waals surface area contributed by atoms with E-state index < -0.39 is 17.5 Å². The predicted octanol–water partition coefficient (Wildman–Crippen LogP) is 5.47. The Balaban J connectivity index is 1.43. The standard InChI is InChI=1S/C29H25NO5/c1-19(2)22-11-8-20(9-12-22)10-15-27(31)34-24-14-13-23-16-25(29(33)35-26(23)17-24)28(32)30-18-21-6-4-3-5-7-21/h3-17,19H,18H2,1-2H3,(H,30,32)/b15-10+. The van der Waals surface area contributed by atoms with Crippen molar-refractivity contribution in [1.29, 1.82) is 0 Å². The Morgan fingerprint density at radius 3 is 2.43 bits per heavy atom. The third kappa shape index (κ3) is 6.12. The highest BCUT2D eigenvalue weighted by Gasteiger charge is 2.14. The van der Waals surface area contributed by atoms with Crippen molar-refractivity contribution in [3.63, 3.8) is 0 Å². The van der Waals surface area contributed by atoms with Crippen LogP contribution < -0.4 is 15.7 Å². The van der Waals surface area contributed by atoms with Crippen LogP contribution in [0.15, 0.2) is 94.2 Å².